The zero-order chi connectivity index (χ0) is 15.1. The molecule has 0 N–H and O–H groups in total. The van der Waals surface area contributed by atoms with Crippen molar-refractivity contribution in [3.8, 4) is 0 Å². The first-order chi connectivity index (χ1) is 10.8. The predicted octanol–water partition coefficient (Wildman–Crippen LogP) is 5.63. The summed E-state index contributed by atoms with van der Waals surface area (Å²) in [5.74, 6) is 0.632. The van der Waals surface area contributed by atoms with Gasteiger partial charge in [0.1, 0.15) is 0 Å². The van der Waals surface area contributed by atoms with Crippen LogP contribution < -0.4 is 0 Å². The van der Waals surface area contributed by atoms with E-state index in [9.17, 15) is 0 Å². The standard InChI is InChI=1S/C18H14Cl2N2/c19-10-5-11-22-15-9-4-2-7-13(15)17-18(22)16(20)12-6-1-3-8-14(12)21-17/h1-4,6-9H,5,10-11H2. The maximum Gasteiger partial charge on any atom is 0.0982 e. The summed E-state index contributed by atoms with van der Waals surface area (Å²) in [5, 5.41) is 2.90. The van der Waals surface area contributed by atoms with Crippen LogP contribution in [0.15, 0.2) is 48.5 Å². The Labute approximate surface area is 138 Å². The fourth-order valence-electron chi connectivity index (χ4n) is 3.08. The van der Waals surface area contributed by atoms with Crippen LogP contribution in [-0.2, 0) is 6.54 Å². The van der Waals surface area contributed by atoms with Gasteiger partial charge in [0.2, 0.25) is 0 Å². The van der Waals surface area contributed by atoms with Gasteiger partial charge in [-0.05, 0) is 18.6 Å². The van der Waals surface area contributed by atoms with Crippen LogP contribution >= 0.6 is 23.2 Å². The normalized spacial score (nSPS) is 11.7. The number of halogens is 2. The lowest BCUT2D eigenvalue weighted by Gasteiger charge is -2.08. The van der Waals surface area contributed by atoms with E-state index >= 15 is 0 Å². The molecular formula is C18H14Cl2N2. The molecule has 0 saturated heterocycles. The van der Waals surface area contributed by atoms with Gasteiger partial charge in [-0.25, -0.2) is 4.98 Å². The molecular weight excluding hydrogens is 315 g/mol. The van der Waals surface area contributed by atoms with Gasteiger partial charge in [-0.15, -0.1) is 11.6 Å². The minimum absolute atomic E-state index is 0.632. The number of aromatic nitrogens is 2. The van der Waals surface area contributed by atoms with E-state index in [1.54, 1.807) is 0 Å². The number of hydrogen-bond donors (Lipinski definition) is 0. The molecule has 4 rings (SSSR count). The van der Waals surface area contributed by atoms with Crippen LogP contribution in [-0.4, -0.2) is 15.4 Å². The molecule has 2 aromatic carbocycles. The first-order valence-corrected chi connectivity index (χ1v) is 8.23. The average molecular weight is 329 g/mol. The third-order valence-corrected chi connectivity index (χ3v) is 4.69. The molecule has 0 saturated carbocycles. The molecule has 2 nitrogen and oxygen atoms in total. The van der Waals surface area contributed by atoms with Crippen LogP contribution in [0.3, 0.4) is 0 Å². The first kappa shape index (κ1) is 13.9. The van der Waals surface area contributed by atoms with Crippen molar-refractivity contribution in [2.24, 2.45) is 0 Å². The Morgan fingerprint density at radius 1 is 0.955 bits per heavy atom. The Kier molecular flexibility index (Phi) is 3.44. The Hall–Kier alpha value is -1.77. The van der Waals surface area contributed by atoms with E-state index < -0.39 is 0 Å². The molecule has 0 atom stereocenters. The topological polar surface area (TPSA) is 17.8 Å². The lowest BCUT2D eigenvalue weighted by atomic mass is 10.2. The molecule has 2 heterocycles. The maximum absolute atomic E-state index is 6.74. The number of rotatable bonds is 3. The van der Waals surface area contributed by atoms with Crippen molar-refractivity contribution in [2.75, 3.05) is 5.88 Å². The summed E-state index contributed by atoms with van der Waals surface area (Å²) < 4.78 is 2.24. The zero-order valence-electron chi connectivity index (χ0n) is 11.9. The first-order valence-electron chi connectivity index (χ1n) is 7.32. The summed E-state index contributed by atoms with van der Waals surface area (Å²) in [7, 11) is 0. The molecule has 0 spiro atoms. The third kappa shape index (κ3) is 1.98. The second kappa shape index (κ2) is 5.45. The van der Waals surface area contributed by atoms with Gasteiger partial charge in [0.25, 0.3) is 0 Å². The monoisotopic (exact) mass is 328 g/mol. The Morgan fingerprint density at radius 3 is 2.50 bits per heavy atom. The number of hydrogen-bond acceptors (Lipinski definition) is 1. The number of aryl methyl sites for hydroxylation is 1. The molecule has 0 bridgehead atoms. The lowest BCUT2D eigenvalue weighted by molar-refractivity contribution is 0.728. The van der Waals surface area contributed by atoms with Crippen molar-refractivity contribution in [2.45, 2.75) is 13.0 Å². The van der Waals surface area contributed by atoms with Gasteiger partial charge >= 0.3 is 0 Å². The van der Waals surface area contributed by atoms with Crippen molar-refractivity contribution in [3.63, 3.8) is 0 Å². The number of benzene rings is 2. The fraction of sp³-hybridized carbons (Fsp3) is 0.167. The van der Waals surface area contributed by atoms with Gasteiger partial charge in [0.15, 0.2) is 0 Å². The highest BCUT2D eigenvalue weighted by Crippen LogP contribution is 2.36. The van der Waals surface area contributed by atoms with Gasteiger partial charge in [-0.2, -0.15) is 0 Å². The summed E-state index contributed by atoms with van der Waals surface area (Å²) in [6.45, 7) is 0.841. The van der Waals surface area contributed by atoms with Gasteiger partial charge < -0.3 is 4.57 Å². The second-order valence-electron chi connectivity index (χ2n) is 5.35. The summed E-state index contributed by atoms with van der Waals surface area (Å²) in [6.07, 6.45) is 0.901. The Balaban J connectivity index is 2.19. The van der Waals surface area contributed by atoms with E-state index in [1.807, 2.05) is 36.4 Å². The van der Waals surface area contributed by atoms with Crippen molar-refractivity contribution in [3.05, 3.63) is 53.6 Å². The SMILES string of the molecule is ClCCCn1c2ccccc2c2nc3ccccc3c(Cl)c21. The predicted molar refractivity (Wildman–Crippen MR) is 95.1 cm³/mol. The van der Waals surface area contributed by atoms with Crippen LogP contribution in [0.25, 0.3) is 32.8 Å². The van der Waals surface area contributed by atoms with E-state index in [4.69, 9.17) is 28.2 Å². The van der Waals surface area contributed by atoms with Gasteiger partial charge in [0.05, 0.1) is 27.1 Å². The van der Waals surface area contributed by atoms with Crippen molar-refractivity contribution >= 4 is 56.0 Å². The highest BCUT2D eigenvalue weighted by molar-refractivity contribution is 6.41. The lowest BCUT2D eigenvalue weighted by Crippen LogP contribution is -1.99. The third-order valence-electron chi connectivity index (χ3n) is 4.04. The molecule has 110 valence electrons. The number of fused-ring (bicyclic) bond motifs is 4. The molecule has 22 heavy (non-hydrogen) atoms. The number of alkyl halides is 1. The Morgan fingerprint density at radius 2 is 1.68 bits per heavy atom. The Bertz CT molecular complexity index is 989. The van der Waals surface area contributed by atoms with Gasteiger partial charge in [-0.1, -0.05) is 48.0 Å². The molecule has 0 aliphatic carbocycles. The zero-order valence-corrected chi connectivity index (χ0v) is 13.4. The molecule has 0 aliphatic heterocycles. The van der Waals surface area contributed by atoms with Crippen LogP contribution in [0.1, 0.15) is 6.42 Å². The number of nitrogens with zero attached hydrogens (tertiary/aromatic N) is 2. The van der Waals surface area contributed by atoms with Crippen LogP contribution in [0.2, 0.25) is 5.02 Å². The number of pyridine rings is 1. The summed E-state index contributed by atoms with van der Waals surface area (Å²) in [4.78, 5) is 4.86. The molecule has 0 fully saturated rings. The smallest absolute Gasteiger partial charge is 0.0982 e. The molecule has 0 amide bonds. The van der Waals surface area contributed by atoms with E-state index in [1.165, 1.54) is 0 Å². The minimum atomic E-state index is 0.632. The van der Waals surface area contributed by atoms with Crippen molar-refractivity contribution in [1.82, 2.24) is 9.55 Å². The highest BCUT2D eigenvalue weighted by atomic mass is 35.5. The van der Waals surface area contributed by atoms with Crippen LogP contribution in [0.4, 0.5) is 0 Å². The second-order valence-corrected chi connectivity index (χ2v) is 6.11. The van der Waals surface area contributed by atoms with Gasteiger partial charge in [-0.3, -0.25) is 0 Å². The van der Waals surface area contributed by atoms with Gasteiger partial charge in [0, 0.05) is 23.2 Å². The molecule has 4 aromatic rings. The van der Waals surface area contributed by atoms with E-state index in [-0.39, 0.29) is 0 Å². The molecule has 2 aromatic heterocycles. The van der Waals surface area contributed by atoms with Crippen LogP contribution in [0.5, 0.6) is 0 Å². The summed E-state index contributed by atoms with van der Waals surface area (Å²) >= 11 is 12.6. The van der Waals surface area contributed by atoms with E-state index in [0.29, 0.717) is 5.88 Å². The van der Waals surface area contributed by atoms with E-state index in [0.717, 1.165) is 50.8 Å². The van der Waals surface area contributed by atoms with Crippen LogP contribution in [0, 0.1) is 0 Å². The van der Waals surface area contributed by atoms with E-state index in [2.05, 4.69) is 16.7 Å². The number of para-hydroxylation sites is 2. The summed E-state index contributed by atoms with van der Waals surface area (Å²) in [5.41, 5.74) is 4.06. The average Bonchev–Trinajstić information content (AvgIpc) is 2.87. The molecule has 0 radical (unpaired) electrons. The van der Waals surface area contributed by atoms with Crippen molar-refractivity contribution < 1.29 is 0 Å². The molecule has 4 heteroatoms. The molecule has 0 unspecified atom stereocenters. The molecule has 0 aliphatic rings. The highest BCUT2D eigenvalue weighted by Gasteiger charge is 2.16. The minimum Gasteiger partial charge on any atom is -0.338 e. The largest absolute Gasteiger partial charge is 0.338 e. The van der Waals surface area contributed by atoms with Crippen molar-refractivity contribution in [1.29, 1.82) is 0 Å². The maximum atomic E-state index is 6.74. The fourth-order valence-corrected chi connectivity index (χ4v) is 3.55. The quantitative estimate of drug-likeness (QED) is 0.446. The summed E-state index contributed by atoms with van der Waals surface area (Å²) in [6, 6.07) is 16.3.